The Morgan fingerprint density at radius 3 is 2.51 bits per heavy atom. The summed E-state index contributed by atoms with van der Waals surface area (Å²) in [5.41, 5.74) is 1.35. The van der Waals surface area contributed by atoms with E-state index in [4.69, 9.17) is 0 Å². The molecule has 0 saturated heterocycles. The molecule has 0 saturated carbocycles. The fourth-order valence-corrected chi connectivity index (χ4v) is 3.63. The summed E-state index contributed by atoms with van der Waals surface area (Å²) in [5.74, 6) is -0.711. The van der Waals surface area contributed by atoms with E-state index >= 15 is 0 Å². The first-order valence-corrected chi connectivity index (χ1v) is 11.1. The number of aliphatic hydroxyl groups excluding tert-OH is 1. The van der Waals surface area contributed by atoms with Crippen LogP contribution in [0.15, 0.2) is 89.5 Å². The number of nitrogens with one attached hydrogen (secondary N) is 1. The van der Waals surface area contributed by atoms with Crippen LogP contribution in [0.25, 0.3) is 16.7 Å². The van der Waals surface area contributed by atoms with Gasteiger partial charge in [0.2, 0.25) is 5.82 Å². The molecule has 11 heteroatoms. The number of nitrogens with zero attached hydrogens (tertiary/aromatic N) is 6. The number of aromatic hydroxyl groups is 1. The number of azo groups is 1. The summed E-state index contributed by atoms with van der Waals surface area (Å²) < 4.78 is 1.29. The predicted molar refractivity (Wildman–Crippen MR) is 135 cm³/mol. The molecule has 37 heavy (non-hydrogen) atoms. The molecule has 0 radical (unpaired) electrons. The number of aldehydes is 1. The number of hydrogen-bond acceptors (Lipinski definition) is 9. The van der Waals surface area contributed by atoms with E-state index in [2.05, 4.69) is 30.6 Å². The van der Waals surface area contributed by atoms with Crippen LogP contribution >= 0.6 is 0 Å². The molecule has 3 aromatic carbocycles. The Hall–Kier alpha value is -5.29. The van der Waals surface area contributed by atoms with Crippen molar-refractivity contribution in [2.45, 2.75) is 6.61 Å². The highest BCUT2D eigenvalue weighted by Gasteiger charge is 2.19. The van der Waals surface area contributed by atoms with Crippen LogP contribution in [-0.2, 0) is 6.61 Å². The van der Waals surface area contributed by atoms with Gasteiger partial charge in [-0.15, -0.1) is 15.3 Å². The molecule has 0 unspecified atom stereocenters. The second kappa shape index (κ2) is 10.1. The van der Waals surface area contributed by atoms with Crippen LogP contribution in [0.3, 0.4) is 0 Å². The molecule has 0 atom stereocenters. The Morgan fingerprint density at radius 2 is 1.78 bits per heavy atom. The highest BCUT2D eigenvalue weighted by atomic mass is 16.3. The van der Waals surface area contributed by atoms with Crippen molar-refractivity contribution in [1.29, 1.82) is 0 Å². The number of fused-ring (bicyclic) bond motifs is 1. The van der Waals surface area contributed by atoms with Gasteiger partial charge in [-0.3, -0.25) is 9.59 Å². The number of carbonyl (C=O) groups is 2. The smallest absolute Gasteiger partial charge is 0.259 e. The molecule has 11 nitrogen and oxygen atoms in total. The number of aliphatic hydroxyl groups is 1. The molecule has 0 spiro atoms. The van der Waals surface area contributed by atoms with Crippen LogP contribution in [0.1, 0.15) is 26.3 Å². The third-order valence-corrected chi connectivity index (χ3v) is 5.48. The number of carbonyl (C=O) groups excluding carboxylic acids is 2. The van der Waals surface area contributed by atoms with Crippen molar-refractivity contribution in [3.05, 3.63) is 95.9 Å². The fourth-order valence-electron chi connectivity index (χ4n) is 3.63. The number of benzene rings is 3. The quantitative estimate of drug-likeness (QED) is 0.223. The second-order valence-corrected chi connectivity index (χ2v) is 7.87. The maximum Gasteiger partial charge on any atom is 0.259 e. The second-order valence-electron chi connectivity index (χ2n) is 7.87. The molecule has 0 bridgehead atoms. The molecule has 0 aliphatic rings. The van der Waals surface area contributed by atoms with Crippen molar-refractivity contribution in [3.63, 3.8) is 0 Å². The van der Waals surface area contributed by atoms with E-state index in [0.29, 0.717) is 28.3 Å². The minimum absolute atomic E-state index is 0.00948. The number of aromatic nitrogens is 4. The third kappa shape index (κ3) is 4.79. The van der Waals surface area contributed by atoms with Gasteiger partial charge in [0.25, 0.3) is 11.9 Å². The SMILES string of the molecule is O=Cc1cn(-c2ncccn2)nc1N=Nc1c(O)c(C(=O)Nc2ccc(CO)cc2)cc2ccccc12. The summed E-state index contributed by atoms with van der Waals surface area (Å²) in [4.78, 5) is 32.8. The first-order valence-electron chi connectivity index (χ1n) is 11.1. The van der Waals surface area contributed by atoms with Crippen LogP contribution in [0.2, 0.25) is 0 Å². The van der Waals surface area contributed by atoms with Crippen molar-refractivity contribution in [3.8, 4) is 11.7 Å². The number of anilines is 1. The predicted octanol–water partition coefficient (Wildman–Crippen LogP) is 4.49. The molecule has 1 amide bonds. The van der Waals surface area contributed by atoms with E-state index in [0.717, 1.165) is 0 Å². The highest BCUT2D eigenvalue weighted by molar-refractivity contribution is 6.11. The van der Waals surface area contributed by atoms with Crippen molar-refractivity contribution in [1.82, 2.24) is 19.7 Å². The Morgan fingerprint density at radius 1 is 1.03 bits per heavy atom. The zero-order valence-electron chi connectivity index (χ0n) is 19.2. The standard InChI is InChI=1S/C26H19N7O4/c34-14-16-6-8-19(9-7-16)29-25(37)21-12-17-4-1-2-5-20(17)22(23(21)36)30-31-24-18(15-35)13-33(32-24)26-27-10-3-11-28-26/h1-13,15,34,36H,14H2,(H,29,37). The molecule has 3 N–H and O–H groups in total. The first kappa shape index (κ1) is 23.5. The van der Waals surface area contributed by atoms with Crippen molar-refractivity contribution >= 4 is 40.2 Å². The molecule has 0 fully saturated rings. The lowest BCUT2D eigenvalue weighted by Crippen LogP contribution is -2.12. The van der Waals surface area contributed by atoms with E-state index < -0.39 is 5.91 Å². The Bertz CT molecular complexity index is 1630. The van der Waals surface area contributed by atoms with E-state index in [1.807, 2.05) is 0 Å². The maximum atomic E-state index is 13.1. The topological polar surface area (TPSA) is 155 Å². The highest BCUT2D eigenvalue weighted by Crippen LogP contribution is 2.39. The molecule has 0 aliphatic heterocycles. The van der Waals surface area contributed by atoms with Crippen LogP contribution in [0.5, 0.6) is 5.75 Å². The molecule has 0 aliphatic carbocycles. The Labute approximate surface area is 209 Å². The largest absolute Gasteiger partial charge is 0.505 e. The number of rotatable bonds is 7. The van der Waals surface area contributed by atoms with Gasteiger partial charge in [0.05, 0.1) is 17.7 Å². The van der Waals surface area contributed by atoms with E-state index in [1.54, 1.807) is 60.7 Å². The summed E-state index contributed by atoms with van der Waals surface area (Å²) in [5, 5.41) is 36.7. The molecule has 182 valence electrons. The van der Waals surface area contributed by atoms with Crippen molar-refractivity contribution < 1.29 is 19.8 Å². The lowest BCUT2D eigenvalue weighted by molar-refractivity contribution is 0.102. The van der Waals surface area contributed by atoms with Gasteiger partial charge >= 0.3 is 0 Å². The molecule has 5 aromatic rings. The van der Waals surface area contributed by atoms with Crippen LogP contribution in [-0.4, -0.2) is 42.2 Å². The van der Waals surface area contributed by atoms with Crippen molar-refractivity contribution in [2.24, 2.45) is 10.2 Å². The summed E-state index contributed by atoms with van der Waals surface area (Å²) in [6, 6.07) is 16.9. The molecule has 2 aromatic heterocycles. The van der Waals surface area contributed by atoms with Crippen LogP contribution < -0.4 is 5.32 Å². The Kier molecular flexibility index (Phi) is 6.43. The summed E-state index contributed by atoms with van der Waals surface area (Å²) in [7, 11) is 0. The molecule has 5 rings (SSSR count). The van der Waals surface area contributed by atoms with Crippen molar-refractivity contribution in [2.75, 3.05) is 5.32 Å². The minimum Gasteiger partial charge on any atom is -0.505 e. The zero-order valence-corrected chi connectivity index (χ0v) is 19.2. The lowest BCUT2D eigenvalue weighted by Gasteiger charge is -2.11. The molecular weight excluding hydrogens is 474 g/mol. The van der Waals surface area contributed by atoms with Crippen LogP contribution in [0.4, 0.5) is 17.2 Å². The van der Waals surface area contributed by atoms with Gasteiger partial charge in [-0.25, -0.2) is 14.6 Å². The fraction of sp³-hybridized carbons (Fsp3) is 0.0385. The number of phenols is 1. The third-order valence-electron chi connectivity index (χ3n) is 5.48. The van der Waals surface area contributed by atoms with Gasteiger partial charge in [0, 0.05) is 29.7 Å². The van der Waals surface area contributed by atoms with E-state index in [-0.39, 0.29) is 40.9 Å². The number of phenolic OH excluding ortho intramolecular Hbond substituents is 1. The van der Waals surface area contributed by atoms with E-state index in [9.17, 15) is 19.8 Å². The average Bonchev–Trinajstić information content (AvgIpc) is 3.36. The van der Waals surface area contributed by atoms with Gasteiger partial charge in [0.1, 0.15) is 5.69 Å². The first-order chi connectivity index (χ1) is 18.1. The molecule has 2 heterocycles. The van der Waals surface area contributed by atoms with E-state index in [1.165, 1.54) is 23.3 Å². The monoisotopic (exact) mass is 493 g/mol. The lowest BCUT2D eigenvalue weighted by atomic mass is 10.0. The summed E-state index contributed by atoms with van der Waals surface area (Å²) in [6.07, 6.45) is 5.06. The molecular formula is C26H19N7O4. The summed E-state index contributed by atoms with van der Waals surface area (Å²) >= 11 is 0. The van der Waals surface area contributed by atoms with Gasteiger partial charge < -0.3 is 15.5 Å². The maximum absolute atomic E-state index is 13.1. The summed E-state index contributed by atoms with van der Waals surface area (Å²) in [6.45, 7) is -0.115. The van der Waals surface area contributed by atoms with Gasteiger partial charge in [-0.05, 0) is 35.2 Å². The van der Waals surface area contributed by atoms with Gasteiger partial charge in [-0.1, -0.05) is 36.4 Å². The zero-order chi connectivity index (χ0) is 25.8. The van der Waals surface area contributed by atoms with Gasteiger partial charge in [-0.2, -0.15) is 0 Å². The normalized spacial score (nSPS) is 11.2. The minimum atomic E-state index is -0.560. The Balaban J connectivity index is 1.53. The van der Waals surface area contributed by atoms with Gasteiger partial charge in [0.15, 0.2) is 12.0 Å². The van der Waals surface area contributed by atoms with Crippen LogP contribution in [0, 0.1) is 0 Å². The average molecular weight is 493 g/mol. The number of hydrogen-bond donors (Lipinski definition) is 3. The number of amides is 1.